The number of H-pyrrole nitrogens is 1. The minimum Gasteiger partial charge on any atom is -0.477 e. The Morgan fingerprint density at radius 3 is 2.82 bits per heavy atom. The van der Waals surface area contributed by atoms with Crippen LogP contribution in [0.1, 0.15) is 16.9 Å². The molecule has 0 aromatic carbocycles. The quantitative estimate of drug-likeness (QED) is 0.639. The standard InChI is InChI=1S/C9H14N2O4S2/c1-16-4-2-3-11-17(14,15)7-5-8(9(12)13)10-6-7/h5-6,10-11H,2-4H2,1H3,(H,12,13). The number of carbonyl (C=O) groups is 1. The minimum absolute atomic E-state index is 0.0564. The molecule has 0 unspecified atom stereocenters. The fourth-order valence-corrected chi connectivity index (χ4v) is 2.66. The molecule has 8 heteroatoms. The van der Waals surface area contributed by atoms with E-state index in [1.165, 1.54) is 6.20 Å². The Hall–Kier alpha value is -0.990. The number of sulfonamides is 1. The van der Waals surface area contributed by atoms with E-state index in [1.54, 1.807) is 11.8 Å². The van der Waals surface area contributed by atoms with Crippen molar-refractivity contribution in [1.29, 1.82) is 0 Å². The molecular weight excluding hydrogens is 264 g/mol. The number of rotatable bonds is 7. The van der Waals surface area contributed by atoms with Crippen LogP contribution >= 0.6 is 11.8 Å². The van der Waals surface area contributed by atoms with E-state index in [-0.39, 0.29) is 10.6 Å². The highest BCUT2D eigenvalue weighted by atomic mass is 32.2. The number of carboxylic acid groups (broad SMARTS) is 1. The van der Waals surface area contributed by atoms with Crippen LogP contribution < -0.4 is 4.72 Å². The smallest absolute Gasteiger partial charge is 0.352 e. The number of hydrogen-bond donors (Lipinski definition) is 3. The van der Waals surface area contributed by atoms with E-state index in [0.29, 0.717) is 6.54 Å². The van der Waals surface area contributed by atoms with Crippen molar-refractivity contribution in [2.75, 3.05) is 18.6 Å². The van der Waals surface area contributed by atoms with Crippen LogP contribution in [-0.2, 0) is 10.0 Å². The van der Waals surface area contributed by atoms with Gasteiger partial charge in [-0.15, -0.1) is 0 Å². The summed E-state index contributed by atoms with van der Waals surface area (Å²) in [6.45, 7) is 0.344. The van der Waals surface area contributed by atoms with Gasteiger partial charge in [-0.3, -0.25) is 0 Å². The Kier molecular flexibility index (Phi) is 5.03. The number of carboxylic acids is 1. The van der Waals surface area contributed by atoms with Gasteiger partial charge in [-0.2, -0.15) is 11.8 Å². The first-order valence-electron chi connectivity index (χ1n) is 4.87. The Morgan fingerprint density at radius 1 is 1.59 bits per heavy atom. The largest absolute Gasteiger partial charge is 0.477 e. The lowest BCUT2D eigenvalue weighted by Crippen LogP contribution is -2.24. The van der Waals surface area contributed by atoms with Crippen molar-refractivity contribution in [3.05, 3.63) is 18.0 Å². The first-order chi connectivity index (χ1) is 7.97. The molecule has 0 amide bonds. The van der Waals surface area contributed by atoms with Gasteiger partial charge in [0.1, 0.15) is 10.6 Å². The molecule has 96 valence electrons. The summed E-state index contributed by atoms with van der Waals surface area (Å²) < 4.78 is 25.8. The molecule has 1 aromatic rings. The highest BCUT2D eigenvalue weighted by Crippen LogP contribution is 2.10. The average Bonchev–Trinajstić information content (AvgIpc) is 2.74. The van der Waals surface area contributed by atoms with Crippen molar-refractivity contribution in [2.45, 2.75) is 11.3 Å². The number of hydrogen-bond acceptors (Lipinski definition) is 4. The second-order valence-corrected chi connectivity index (χ2v) is 6.05. The topological polar surface area (TPSA) is 99.3 Å². The predicted octanol–water partition coefficient (Wildman–Crippen LogP) is 0.744. The second kappa shape index (κ2) is 6.08. The van der Waals surface area contributed by atoms with Gasteiger partial charge in [0.2, 0.25) is 10.0 Å². The number of aromatic amines is 1. The lowest BCUT2D eigenvalue weighted by Gasteiger charge is -2.03. The van der Waals surface area contributed by atoms with Crippen LogP contribution in [0.2, 0.25) is 0 Å². The highest BCUT2D eigenvalue weighted by molar-refractivity contribution is 7.98. The van der Waals surface area contributed by atoms with Crippen molar-refractivity contribution in [3.8, 4) is 0 Å². The van der Waals surface area contributed by atoms with Gasteiger partial charge in [-0.05, 0) is 24.5 Å². The summed E-state index contributed by atoms with van der Waals surface area (Å²) in [5.41, 5.74) is -0.144. The summed E-state index contributed by atoms with van der Waals surface area (Å²) in [6.07, 6.45) is 3.84. The Morgan fingerprint density at radius 2 is 2.29 bits per heavy atom. The predicted molar refractivity (Wildman–Crippen MR) is 65.9 cm³/mol. The first kappa shape index (κ1) is 14.1. The zero-order valence-corrected chi connectivity index (χ0v) is 10.9. The third-order valence-corrected chi connectivity index (χ3v) is 4.15. The fraction of sp³-hybridized carbons (Fsp3) is 0.444. The molecule has 0 saturated carbocycles. The van der Waals surface area contributed by atoms with Crippen LogP contribution in [0.4, 0.5) is 0 Å². The Labute approximate surface area is 104 Å². The maximum Gasteiger partial charge on any atom is 0.352 e. The zero-order chi connectivity index (χ0) is 12.9. The maximum atomic E-state index is 11.7. The molecule has 0 aliphatic carbocycles. The molecule has 0 spiro atoms. The van der Waals surface area contributed by atoms with E-state index in [4.69, 9.17) is 5.11 Å². The minimum atomic E-state index is -3.61. The van der Waals surface area contributed by atoms with Gasteiger partial charge in [0.25, 0.3) is 0 Å². The number of thioether (sulfide) groups is 1. The van der Waals surface area contributed by atoms with Crippen molar-refractivity contribution in [3.63, 3.8) is 0 Å². The van der Waals surface area contributed by atoms with Crippen LogP contribution in [0.3, 0.4) is 0 Å². The highest BCUT2D eigenvalue weighted by Gasteiger charge is 2.17. The van der Waals surface area contributed by atoms with Crippen molar-refractivity contribution >= 4 is 27.8 Å². The molecule has 0 aliphatic heterocycles. The number of aromatic carboxylic acids is 1. The Balaban J connectivity index is 2.66. The average molecular weight is 278 g/mol. The summed E-state index contributed by atoms with van der Waals surface area (Å²) in [5.74, 6) is -0.315. The molecule has 17 heavy (non-hydrogen) atoms. The van der Waals surface area contributed by atoms with Gasteiger partial charge in [0.15, 0.2) is 0 Å². The molecule has 1 aromatic heterocycles. The molecule has 0 atom stereocenters. The maximum absolute atomic E-state index is 11.7. The normalized spacial score (nSPS) is 11.6. The summed E-state index contributed by atoms with van der Waals surface area (Å²) in [5, 5.41) is 8.66. The summed E-state index contributed by atoms with van der Waals surface area (Å²) in [6, 6.07) is 1.10. The zero-order valence-electron chi connectivity index (χ0n) is 9.26. The molecule has 1 rings (SSSR count). The van der Waals surface area contributed by atoms with E-state index in [1.807, 2.05) is 6.26 Å². The fourth-order valence-electron chi connectivity index (χ4n) is 1.16. The third-order valence-electron chi connectivity index (χ3n) is 2.01. The van der Waals surface area contributed by atoms with Crippen molar-refractivity contribution in [2.24, 2.45) is 0 Å². The molecule has 0 aliphatic rings. The number of aromatic nitrogens is 1. The van der Waals surface area contributed by atoms with Crippen molar-refractivity contribution < 1.29 is 18.3 Å². The van der Waals surface area contributed by atoms with Gasteiger partial charge >= 0.3 is 5.97 Å². The number of nitrogens with one attached hydrogen (secondary N) is 2. The summed E-state index contributed by atoms with van der Waals surface area (Å²) >= 11 is 1.64. The van der Waals surface area contributed by atoms with Gasteiger partial charge in [0.05, 0.1) is 0 Å². The van der Waals surface area contributed by atoms with Crippen LogP contribution in [0.5, 0.6) is 0 Å². The molecule has 1 heterocycles. The van der Waals surface area contributed by atoms with E-state index >= 15 is 0 Å². The molecule has 0 fully saturated rings. The SMILES string of the molecule is CSCCCNS(=O)(=O)c1c[nH]c(C(=O)O)c1. The van der Waals surface area contributed by atoms with Crippen LogP contribution in [0.25, 0.3) is 0 Å². The molecule has 0 bridgehead atoms. The van der Waals surface area contributed by atoms with E-state index < -0.39 is 16.0 Å². The lowest BCUT2D eigenvalue weighted by molar-refractivity contribution is 0.0691. The van der Waals surface area contributed by atoms with Gasteiger partial charge < -0.3 is 10.1 Å². The lowest BCUT2D eigenvalue weighted by atomic mass is 10.4. The van der Waals surface area contributed by atoms with E-state index in [2.05, 4.69) is 9.71 Å². The Bertz CT molecular complexity index is 481. The van der Waals surface area contributed by atoms with E-state index in [9.17, 15) is 13.2 Å². The van der Waals surface area contributed by atoms with Gasteiger partial charge in [0, 0.05) is 12.7 Å². The van der Waals surface area contributed by atoms with Gasteiger partial charge in [-0.25, -0.2) is 17.9 Å². The molecule has 3 N–H and O–H groups in total. The first-order valence-corrected chi connectivity index (χ1v) is 7.75. The molecule has 0 saturated heterocycles. The van der Waals surface area contributed by atoms with Gasteiger partial charge in [-0.1, -0.05) is 0 Å². The molecule has 6 nitrogen and oxygen atoms in total. The van der Waals surface area contributed by atoms with Crippen molar-refractivity contribution in [1.82, 2.24) is 9.71 Å². The molecular formula is C9H14N2O4S2. The van der Waals surface area contributed by atoms with E-state index in [0.717, 1.165) is 18.2 Å². The second-order valence-electron chi connectivity index (χ2n) is 3.30. The summed E-state index contributed by atoms with van der Waals surface area (Å²) in [4.78, 5) is 12.9. The summed E-state index contributed by atoms with van der Waals surface area (Å²) in [7, 11) is -3.61. The van der Waals surface area contributed by atoms with Crippen LogP contribution in [0.15, 0.2) is 17.2 Å². The third kappa shape index (κ3) is 4.06. The van der Waals surface area contributed by atoms with Crippen LogP contribution in [-0.4, -0.2) is 43.0 Å². The van der Waals surface area contributed by atoms with Crippen LogP contribution in [0, 0.1) is 0 Å². The monoisotopic (exact) mass is 278 g/mol. The molecule has 0 radical (unpaired) electrons.